The van der Waals surface area contributed by atoms with Crippen LogP contribution in [0, 0.1) is 6.92 Å². The fourth-order valence-corrected chi connectivity index (χ4v) is 4.39. The Morgan fingerprint density at radius 2 is 2.00 bits per heavy atom. The minimum Gasteiger partial charge on any atom is -0.483 e. The normalized spacial score (nSPS) is 15.9. The zero-order chi connectivity index (χ0) is 20.1. The van der Waals surface area contributed by atoms with Gasteiger partial charge in [-0.1, -0.05) is 42.5 Å². The van der Waals surface area contributed by atoms with Crippen LogP contribution in [0.3, 0.4) is 0 Å². The van der Waals surface area contributed by atoms with Crippen LogP contribution in [0.5, 0.6) is 5.75 Å². The molecular formula is C24H23N3O2. The Labute approximate surface area is 169 Å². The molecule has 0 unspecified atom stereocenters. The lowest BCUT2D eigenvalue weighted by atomic mass is 9.91. The van der Waals surface area contributed by atoms with Gasteiger partial charge in [-0.25, -0.2) is 4.98 Å². The van der Waals surface area contributed by atoms with Crippen LogP contribution in [0.2, 0.25) is 0 Å². The Balaban J connectivity index is 1.70. The number of nitrogens with zero attached hydrogens (tertiary/aromatic N) is 2. The van der Waals surface area contributed by atoms with Gasteiger partial charge < -0.3 is 14.6 Å². The summed E-state index contributed by atoms with van der Waals surface area (Å²) in [6.45, 7) is 1.97. The molecule has 0 aliphatic carbocycles. The van der Waals surface area contributed by atoms with E-state index in [9.17, 15) is 4.79 Å². The molecule has 29 heavy (non-hydrogen) atoms. The highest BCUT2D eigenvalue weighted by atomic mass is 16.5. The first-order chi connectivity index (χ1) is 14.1. The van der Waals surface area contributed by atoms with Crippen molar-refractivity contribution < 1.29 is 9.53 Å². The third-order valence-electron chi connectivity index (χ3n) is 6.02. The molecule has 2 heterocycles. The van der Waals surface area contributed by atoms with Crippen molar-refractivity contribution in [3.05, 3.63) is 71.0 Å². The largest absolute Gasteiger partial charge is 0.483 e. The number of hydrogen-bond donors (Lipinski definition) is 1. The summed E-state index contributed by atoms with van der Waals surface area (Å²) in [4.78, 5) is 17.3. The molecule has 1 atom stereocenters. The predicted octanol–water partition coefficient (Wildman–Crippen LogP) is 4.46. The Kier molecular flexibility index (Phi) is 4.05. The number of amides is 1. The smallest absolute Gasteiger partial charge is 0.251 e. The van der Waals surface area contributed by atoms with Gasteiger partial charge in [0.15, 0.2) is 5.75 Å². The zero-order valence-electron chi connectivity index (χ0n) is 16.8. The molecule has 0 spiro atoms. The van der Waals surface area contributed by atoms with Crippen LogP contribution >= 0.6 is 0 Å². The maximum Gasteiger partial charge on any atom is 0.251 e. The molecule has 0 saturated heterocycles. The lowest BCUT2D eigenvalue weighted by Crippen LogP contribution is -2.23. The highest BCUT2D eigenvalue weighted by molar-refractivity contribution is 6.01. The van der Waals surface area contributed by atoms with E-state index in [1.807, 2.05) is 24.6 Å². The molecule has 1 aromatic heterocycles. The van der Waals surface area contributed by atoms with Crippen molar-refractivity contribution in [2.45, 2.75) is 25.9 Å². The van der Waals surface area contributed by atoms with Crippen molar-refractivity contribution >= 4 is 27.7 Å². The minimum absolute atomic E-state index is 0.0703. The van der Waals surface area contributed by atoms with Crippen molar-refractivity contribution in [2.75, 3.05) is 7.05 Å². The maximum absolute atomic E-state index is 12.6. The molecule has 5 heteroatoms. The van der Waals surface area contributed by atoms with Gasteiger partial charge in [0.1, 0.15) is 17.4 Å². The standard InChI is InChI=1S/C24H23N3O2/c1-14-26-22-20(27(14)3)13-19(24(28)25-2)18-11-12-21(29-23(18)22)17-10-6-8-15-7-4-5-9-16(15)17/h4-10,13,21H,11-12H2,1-3H3,(H,25,28)/t21-/m0/s1. The lowest BCUT2D eigenvalue weighted by Gasteiger charge is -2.29. The molecule has 1 N–H and O–H groups in total. The van der Waals surface area contributed by atoms with Gasteiger partial charge in [0, 0.05) is 30.8 Å². The van der Waals surface area contributed by atoms with Crippen molar-refractivity contribution in [1.29, 1.82) is 0 Å². The lowest BCUT2D eigenvalue weighted by molar-refractivity contribution is 0.0959. The molecule has 3 aromatic carbocycles. The summed E-state index contributed by atoms with van der Waals surface area (Å²) in [5.74, 6) is 1.55. The van der Waals surface area contributed by atoms with Crippen LogP contribution in [-0.4, -0.2) is 22.5 Å². The van der Waals surface area contributed by atoms with Gasteiger partial charge in [-0.05, 0) is 36.6 Å². The SMILES string of the molecule is CNC(=O)c1cc2c(nc(C)n2C)c2c1CC[C@@H](c1cccc3ccccc13)O2. The van der Waals surface area contributed by atoms with E-state index in [0.29, 0.717) is 5.56 Å². The van der Waals surface area contributed by atoms with Crippen molar-refractivity contribution in [2.24, 2.45) is 7.05 Å². The number of nitrogens with one attached hydrogen (secondary N) is 1. The average molecular weight is 385 g/mol. The number of imidazole rings is 1. The summed E-state index contributed by atoms with van der Waals surface area (Å²) in [6, 6.07) is 16.7. The van der Waals surface area contributed by atoms with E-state index in [4.69, 9.17) is 9.72 Å². The molecule has 146 valence electrons. The van der Waals surface area contributed by atoms with E-state index in [0.717, 1.165) is 41.0 Å². The van der Waals surface area contributed by atoms with Gasteiger partial charge in [0.2, 0.25) is 0 Å². The van der Waals surface area contributed by atoms with Gasteiger partial charge in [0.05, 0.1) is 5.52 Å². The second kappa shape index (κ2) is 6.62. The van der Waals surface area contributed by atoms with Gasteiger partial charge in [-0.15, -0.1) is 0 Å². The summed E-state index contributed by atoms with van der Waals surface area (Å²) in [5, 5.41) is 5.18. The maximum atomic E-state index is 12.6. The summed E-state index contributed by atoms with van der Waals surface area (Å²) in [5.41, 5.74) is 4.55. The first kappa shape index (κ1) is 17.7. The third kappa shape index (κ3) is 2.69. The third-order valence-corrected chi connectivity index (χ3v) is 6.02. The van der Waals surface area contributed by atoms with Gasteiger partial charge in [0.25, 0.3) is 5.91 Å². The van der Waals surface area contributed by atoms with Crippen LogP contribution in [0.15, 0.2) is 48.5 Å². The molecule has 0 bridgehead atoms. The van der Waals surface area contributed by atoms with Crippen molar-refractivity contribution in [3.8, 4) is 5.75 Å². The topological polar surface area (TPSA) is 56.2 Å². The number of hydrogen-bond acceptors (Lipinski definition) is 3. The summed E-state index contributed by atoms with van der Waals surface area (Å²) < 4.78 is 8.59. The highest BCUT2D eigenvalue weighted by Gasteiger charge is 2.30. The fourth-order valence-electron chi connectivity index (χ4n) is 4.39. The summed E-state index contributed by atoms with van der Waals surface area (Å²) in [6.07, 6.45) is 1.53. The molecule has 1 amide bonds. The number of carbonyl (C=O) groups excluding carboxylic acids is 1. The second-order valence-corrected chi connectivity index (χ2v) is 7.61. The first-order valence-corrected chi connectivity index (χ1v) is 9.93. The minimum atomic E-state index is -0.0887. The molecule has 5 rings (SSSR count). The van der Waals surface area contributed by atoms with Crippen LogP contribution in [0.4, 0.5) is 0 Å². The van der Waals surface area contributed by atoms with Crippen LogP contribution in [0.25, 0.3) is 21.8 Å². The quantitative estimate of drug-likeness (QED) is 0.554. The molecule has 5 nitrogen and oxygen atoms in total. The number of aromatic nitrogens is 2. The Morgan fingerprint density at radius 3 is 2.83 bits per heavy atom. The van der Waals surface area contributed by atoms with Gasteiger partial charge >= 0.3 is 0 Å². The Morgan fingerprint density at radius 1 is 1.21 bits per heavy atom. The van der Waals surface area contributed by atoms with E-state index in [1.165, 1.54) is 16.3 Å². The van der Waals surface area contributed by atoms with E-state index >= 15 is 0 Å². The second-order valence-electron chi connectivity index (χ2n) is 7.61. The number of aryl methyl sites for hydroxylation is 2. The molecular weight excluding hydrogens is 362 g/mol. The molecule has 4 aromatic rings. The number of rotatable bonds is 2. The summed E-state index contributed by atoms with van der Waals surface area (Å²) >= 11 is 0. The number of fused-ring (bicyclic) bond motifs is 4. The molecule has 1 aliphatic heterocycles. The van der Waals surface area contributed by atoms with Gasteiger partial charge in [-0.2, -0.15) is 0 Å². The molecule has 0 radical (unpaired) electrons. The molecule has 1 aliphatic rings. The zero-order valence-corrected chi connectivity index (χ0v) is 16.8. The average Bonchev–Trinajstić information content (AvgIpc) is 3.06. The van der Waals surface area contributed by atoms with Gasteiger partial charge in [-0.3, -0.25) is 4.79 Å². The number of carbonyl (C=O) groups is 1. The number of benzene rings is 3. The number of ether oxygens (including phenoxy) is 1. The van der Waals surface area contributed by atoms with E-state index in [1.54, 1.807) is 7.05 Å². The Bertz CT molecular complexity index is 1270. The first-order valence-electron chi connectivity index (χ1n) is 9.93. The van der Waals surface area contributed by atoms with Crippen molar-refractivity contribution in [3.63, 3.8) is 0 Å². The fraction of sp³-hybridized carbons (Fsp3) is 0.250. The monoisotopic (exact) mass is 385 g/mol. The van der Waals surface area contributed by atoms with Crippen LogP contribution in [-0.2, 0) is 13.5 Å². The van der Waals surface area contributed by atoms with E-state index < -0.39 is 0 Å². The molecule has 0 saturated carbocycles. The van der Waals surface area contributed by atoms with Crippen LogP contribution < -0.4 is 10.1 Å². The van der Waals surface area contributed by atoms with E-state index in [2.05, 4.69) is 47.8 Å². The predicted molar refractivity (Wildman–Crippen MR) is 114 cm³/mol. The van der Waals surface area contributed by atoms with Crippen LogP contribution in [0.1, 0.15) is 39.8 Å². The summed E-state index contributed by atoms with van der Waals surface area (Å²) in [7, 11) is 3.63. The molecule has 0 fully saturated rings. The van der Waals surface area contributed by atoms with E-state index in [-0.39, 0.29) is 12.0 Å². The van der Waals surface area contributed by atoms with Crippen molar-refractivity contribution in [1.82, 2.24) is 14.9 Å². The Hall–Kier alpha value is -3.34. The highest BCUT2D eigenvalue weighted by Crippen LogP contribution is 2.42.